The predicted molar refractivity (Wildman–Crippen MR) is 110 cm³/mol. The van der Waals surface area contributed by atoms with E-state index < -0.39 is 29.5 Å². The minimum Gasteiger partial charge on any atom is -0.506 e. The summed E-state index contributed by atoms with van der Waals surface area (Å²) in [4.78, 5) is 25.2. The molecule has 3 rings (SSSR count). The summed E-state index contributed by atoms with van der Waals surface area (Å²) in [6.45, 7) is 3.39. The number of carboxylic acids is 1. The lowest BCUT2D eigenvalue weighted by molar-refractivity contribution is -0.139. The number of nitrogens with zero attached hydrogens (tertiary/aromatic N) is 1. The molecule has 0 saturated carbocycles. The predicted octanol–water partition coefficient (Wildman–Crippen LogP) is 5.98. The molecule has 0 aliphatic rings. The number of hydrogen-bond acceptors (Lipinski definition) is 3. The molecule has 2 N–H and O–H groups in total. The van der Waals surface area contributed by atoms with Gasteiger partial charge >= 0.3 is 12.1 Å². The second kappa shape index (κ2) is 8.26. The van der Waals surface area contributed by atoms with Crippen LogP contribution >= 0.6 is 11.6 Å². The Kier molecular flexibility index (Phi) is 6.04. The molecule has 0 radical (unpaired) electrons. The fourth-order valence-corrected chi connectivity index (χ4v) is 3.92. The van der Waals surface area contributed by atoms with E-state index >= 15 is 0 Å². The van der Waals surface area contributed by atoms with Gasteiger partial charge in [-0.3, -0.25) is 14.2 Å². The lowest BCUT2D eigenvalue weighted by Gasteiger charge is -2.13. The van der Waals surface area contributed by atoms with E-state index in [1.165, 1.54) is 16.7 Å². The molecule has 0 aliphatic heterocycles. The molecule has 0 bridgehead atoms. The van der Waals surface area contributed by atoms with E-state index in [9.17, 15) is 33.0 Å². The molecule has 0 spiro atoms. The van der Waals surface area contributed by atoms with Crippen LogP contribution in [0.15, 0.2) is 36.4 Å². The molecule has 9 heteroatoms. The highest BCUT2D eigenvalue weighted by atomic mass is 35.5. The number of carbonyl (C=O) groups excluding carboxylic acids is 1. The van der Waals surface area contributed by atoms with E-state index in [1.54, 1.807) is 6.92 Å². The number of benzene rings is 2. The number of phenols is 1. The Labute approximate surface area is 180 Å². The molecule has 3 aromatic rings. The van der Waals surface area contributed by atoms with Gasteiger partial charge in [0.25, 0.3) is 5.91 Å². The number of aromatic hydroxyl groups is 1. The van der Waals surface area contributed by atoms with Crippen molar-refractivity contribution in [2.75, 3.05) is 0 Å². The van der Waals surface area contributed by atoms with Crippen molar-refractivity contribution >= 4 is 34.4 Å². The van der Waals surface area contributed by atoms with Crippen LogP contribution in [0.3, 0.4) is 0 Å². The van der Waals surface area contributed by atoms with Crippen LogP contribution in [0.25, 0.3) is 10.9 Å². The number of phenolic OH excluding ortho intramolecular Hbond substituents is 1. The van der Waals surface area contributed by atoms with Crippen LogP contribution in [0.1, 0.15) is 52.9 Å². The summed E-state index contributed by atoms with van der Waals surface area (Å²) < 4.78 is 39.8. The van der Waals surface area contributed by atoms with Crippen LogP contribution in [0.5, 0.6) is 5.75 Å². The second-order valence-corrected chi connectivity index (χ2v) is 7.62. The molecule has 5 nitrogen and oxygen atoms in total. The van der Waals surface area contributed by atoms with Crippen molar-refractivity contribution in [3.63, 3.8) is 0 Å². The first-order chi connectivity index (χ1) is 14.5. The van der Waals surface area contributed by atoms with E-state index in [0.29, 0.717) is 29.5 Å². The molecule has 0 saturated heterocycles. The molecule has 0 aliphatic carbocycles. The van der Waals surface area contributed by atoms with E-state index in [0.717, 1.165) is 24.3 Å². The van der Waals surface area contributed by atoms with E-state index in [-0.39, 0.29) is 21.9 Å². The van der Waals surface area contributed by atoms with Crippen LogP contribution in [-0.4, -0.2) is 26.7 Å². The Morgan fingerprint density at radius 1 is 1.16 bits per heavy atom. The third kappa shape index (κ3) is 4.12. The molecular weight excluding hydrogens is 435 g/mol. The number of carbonyl (C=O) groups is 2. The van der Waals surface area contributed by atoms with Crippen molar-refractivity contribution in [2.45, 2.75) is 38.8 Å². The molecule has 1 unspecified atom stereocenters. The van der Waals surface area contributed by atoms with Crippen molar-refractivity contribution in [2.24, 2.45) is 0 Å². The van der Waals surface area contributed by atoms with Crippen molar-refractivity contribution in [1.82, 2.24) is 4.57 Å². The number of alkyl halides is 3. The van der Waals surface area contributed by atoms with Crippen molar-refractivity contribution in [3.05, 3.63) is 63.8 Å². The van der Waals surface area contributed by atoms with Gasteiger partial charge in [-0.25, -0.2) is 0 Å². The monoisotopic (exact) mass is 453 g/mol. The summed E-state index contributed by atoms with van der Waals surface area (Å²) in [5.41, 5.74) is 0.0494. The minimum atomic E-state index is -4.54. The first-order valence-corrected chi connectivity index (χ1v) is 9.83. The zero-order valence-electron chi connectivity index (χ0n) is 16.6. The minimum absolute atomic E-state index is 0.00823. The Hall–Kier alpha value is -3.00. The largest absolute Gasteiger partial charge is 0.506 e. The van der Waals surface area contributed by atoms with Crippen LogP contribution < -0.4 is 0 Å². The number of aliphatic carboxylic acids is 1. The van der Waals surface area contributed by atoms with E-state index in [2.05, 4.69) is 0 Å². The SMILES string of the molecule is CCCC(C(=O)O)c1c(C)n(C(=O)c2ccc(C(F)(F)F)cc2)c2cc(Cl)c(O)cc12. The lowest BCUT2D eigenvalue weighted by atomic mass is 9.92. The van der Waals surface area contributed by atoms with E-state index in [1.807, 2.05) is 6.92 Å². The second-order valence-electron chi connectivity index (χ2n) is 7.22. The van der Waals surface area contributed by atoms with Crippen LogP contribution in [0.4, 0.5) is 13.2 Å². The topological polar surface area (TPSA) is 79.5 Å². The number of aromatic nitrogens is 1. The quantitative estimate of drug-likeness (QED) is 0.497. The highest BCUT2D eigenvalue weighted by Gasteiger charge is 2.32. The normalized spacial score (nSPS) is 12.8. The summed E-state index contributed by atoms with van der Waals surface area (Å²) >= 11 is 6.03. The lowest BCUT2D eigenvalue weighted by Crippen LogP contribution is -2.16. The molecule has 164 valence electrons. The number of fused-ring (bicyclic) bond motifs is 1. The third-order valence-corrected chi connectivity index (χ3v) is 5.51. The highest BCUT2D eigenvalue weighted by molar-refractivity contribution is 6.33. The van der Waals surface area contributed by atoms with Gasteiger partial charge in [0.15, 0.2) is 0 Å². The average molecular weight is 454 g/mol. The maximum Gasteiger partial charge on any atom is 0.416 e. The number of hydrogen-bond donors (Lipinski definition) is 2. The molecule has 31 heavy (non-hydrogen) atoms. The number of rotatable bonds is 5. The number of halogens is 4. The van der Waals surface area contributed by atoms with Gasteiger partial charge in [-0.05, 0) is 55.3 Å². The van der Waals surface area contributed by atoms with E-state index in [4.69, 9.17) is 11.6 Å². The summed E-state index contributed by atoms with van der Waals surface area (Å²) in [6.07, 6.45) is -3.67. The zero-order valence-corrected chi connectivity index (χ0v) is 17.4. The van der Waals surface area contributed by atoms with Crippen molar-refractivity contribution in [3.8, 4) is 5.75 Å². The maximum absolute atomic E-state index is 13.2. The molecule has 0 fully saturated rings. The smallest absolute Gasteiger partial charge is 0.416 e. The standard InChI is InChI=1S/C22H19ClF3NO4/c1-3-4-14(21(30)31)19-11(2)27(17-10-16(23)18(28)9-15(17)19)20(29)12-5-7-13(8-6-12)22(24,25)26/h5-10,14,28H,3-4H2,1-2H3,(H,30,31). The van der Waals surface area contributed by atoms with Crippen molar-refractivity contribution in [1.29, 1.82) is 0 Å². The Bertz CT molecular complexity index is 1170. The van der Waals surface area contributed by atoms with Gasteiger partial charge in [-0.15, -0.1) is 0 Å². The fourth-order valence-electron chi connectivity index (χ4n) is 3.76. The summed E-state index contributed by atoms with van der Waals surface area (Å²) in [5, 5.41) is 20.1. The van der Waals surface area contributed by atoms with Gasteiger partial charge < -0.3 is 10.2 Å². The van der Waals surface area contributed by atoms with Gasteiger partial charge in [0, 0.05) is 16.6 Å². The molecular formula is C22H19ClF3NO4. The van der Waals surface area contributed by atoms with Gasteiger partial charge in [0.2, 0.25) is 0 Å². The van der Waals surface area contributed by atoms with Gasteiger partial charge in [-0.2, -0.15) is 13.2 Å². The van der Waals surface area contributed by atoms with Gasteiger partial charge in [0.05, 0.1) is 22.0 Å². The maximum atomic E-state index is 13.2. The first kappa shape index (κ1) is 22.7. The number of carboxylic acid groups (broad SMARTS) is 1. The van der Waals surface area contributed by atoms with Crippen molar-refractivity contribution < 1.29 is 33.0 Å². The summed E-state index contributed by atoms with van der Waals surface area (Å²) in [6, 6.07) is 6.41. The molecule has 1 heterocycles. The zero-order chi connectivity index (χ0) is 23.1. The third-order valence-electron chi connectivity index (χ3n) is 5.21. The van der Waals surface area contributed by atoms with Gasteiger partial charge in [-0.1, -0.05) is 24.9 Å². The Balaban J connectivity index is 2.25. The average Bonchev–Trinajstić information content (AvgIpc) is 2.96. The van der Waals surface area contributed by atoms with Gasteiger partial charge in [0.1, 0.15) is 5.75 Å². The molecule has 0 amide bonds. The molecule has 1 atom stereocenters. The molecule has 1 aromatic heterocycles. The van der Waals surface area contributed by atoms with Crippen LogP contribution in [-0.2, 0) is 11.0 Å². The van der Waals surface area contributed by atoms with Crippen LogP contribution in [0.2, 0.25) is 5.02 Å². The Morgan fingerprint density at radius 2 is 1.77 bits per heavy atom. The summed E-state index contributed by atoms with van der Waals surface area (Å²) in [7, 11) is 0. The first-order valence-electron chi connectivity index (χ1n) is 9.45. The fraction of sp³-hybridized carbons (Fsp3) is 0.273. The van der Waals surface area contributed by atoms with Crippen LogP contribution in [0, 0.1) is 6.92 Å². The molecule has 2 aromatic carbocycles. The highest BCUT2D eigenvalue weighted by Crippen LogP contribution is 2.39. The summed E-state index contributed by atoms with van der Waals surface area (Å²) in [5.74, 6) is -2.92. The Morgan fingerprint density at radius 3 is 2.29 bits per heavy atom.